The molecule has 0 heterocycles. The highest BCUT2D eigenvalue weighted by Gasteiger charge is 2.14. The Hall–Kier alpha value is -5.44. The van der Waals surface area contributed by atoms with Crippen molar-refractivity contribution in [3.63, 3.8) is 0 Å². The molecule has 0 bridgehead atoms. The number of methoxy groups -OCH3 is 1. The summed E-state index contributed by atoms with van der Waals surface area (Å²) in [5.41, 5.74) is 4.91. The average Bonchev–Trinajstić information content (AvgIpc) is 2.99. The third-order valence-electron chi connectivity index (χ3n) is 5.62. The minimum Gasteiger partial charge on any atom is -0.497 e. The van der Waals surface area contributed by atoms with Crippen molar-refractivity contribution in [3.8, 4) is 17.2 Å². The largest absolute Gasteiger partial charge is 0.497 e. The number of rotatable bonds is 10. The van der Waals surface area contributed by atoms with Gasteiger partial charge in [-0.1, -0.05) is 18.2 Å². The van der Waals surface area contributed by atoms with Crippen molar-refractivity contribution in [1.29, 1.82) is 0 Å². The van der Waals surface area contributed by atoms with Crippen LogP contribution in [0, 0.1) is 0 Å². The van der Waals surface area contributed by atoms with Gasteiger partial charge < -0.3 is 19.5 Å². The normalized spacial score (nSPS) is 10.6. The van der Waals surface area contributed by atoms with Crippen molar-refractivity contribution < 1.29 is 28.6 Å². The number of benzene rings is 4. The molecule has 0 aromatic heterocycles. The van der Waals surface area contributed by atoms with Crippen molar-refractivity contribution in [2.75, 3.05) is 19.0 Å². The van der Waals surface area contributed by atoms with Gasteiger partial charge in [0.1, 0.15) is 5.75 Å². The lowest BCUT2D eigenvalue weighted by Gasteiger charge is -2.11. The summed E-state index contributed by atoms with van der Waals surface area (Å²) in [5, 5.41) is 6.80. The van der Waals surface area contributed by atoms with Crippen LogP contribution >= 0.6 is 0 Å². The number of amides is 2. The maximum Gasteiger partial charge on any atom is 0.343 e. The van der Waals surface area contributed by atoms with Crippen LogP contribution in [0.4, 0.5) is 5.69 Å². The first-order valence-electron chi connectivity index (χ1n) is 12.4. The van der Waals surface area contributed by atoms with Crippen LogP contribution < -0.4 is 25.0 Å². The maximum absolute atomic E-state index is 12.6. The van der Waals surface area contributed by atoms with Crippen LogP contribution in [0.15, 0.2) is 102 Å². The number of esters is 1. The van der Waals surface area contributed by atoms with Crippen LogP contribution in [0.3, 0.4) is 0 Å². The summed E-state index contributed by atoms with van der Waals surface area (Å²) in [7, 11) is 1.55. The first kappa shape index (κ1) is 27.6. The Morgan fingerprint density at radius 3 is 2.12 bits per heavy atom. The predicted octanol–water partition coefficient (Wildman–Crippen LogP) is 5.33. The third kappa shape index (κ3) is 7.32. The lowest BCUT2D eigenvalue weighted by molar-refractivity contribution is 0.0728. The molecule has 4 rings (SSSR count). The van der Waals surface area contributed by atoms with E-state index >= 15 is 0 Å². The number of anilines is 1. The summed E-state index contributed by atoms with van der Waals surface area (Å²) in [6.45, 7) is 2.17. The van der Waals surface area contributed by atoms with Gasteiger partial charge in [-0.05, 0) is 91.3 Å². The quantitative estimate of drug-likeness (QED) is 0.122. The SMILES string of the molecule is CCOc1cc(C=NNC(=O)c2ccc(NC(=O)c3ccccc3)cc2)ccc1OC(=O)c1ccc(OC)cc1. The summed E-state index contributed by atoms with van der Waals surface area (Å²) in [6, 6.07) is 26.8. The van der Waals surface area contributed by atoms with E-state index in [4.69, 9.17) is 14.2 Å². The highest BCUT2D eigenvalue weighted by Crippen LogP contribution is 2.29. The number of carbonyl (C=O) groups is 3. The van der Waals surface area contributed by atoms with E-state index in [1.807, 2.05) is 13.0 Å². The average molecular weight is 538 g/mol. The number of ether oxygens (including phenoxy) is 3. The Balaban J connectivity index is 1.35. The molecule has 0 aliphatic carbocycles. The molecule has 0 fully saturated rings. The van der Waals surface area contributed by atoms with Crippen molar-refractivity contribution in [1.82, 2.24) is 5.43 Å². The number of nitrogens with one attached hydrogen (secondary N) is 2. The fourth-order valence-electron chi connectivity index (χ4n) is 3.57. The minimum atomic E-state index is -0.539. The van der Waals surface area contributed by atoms with E-state index in [1.54, 1.807) is 98.1 Å². The molecule has 0 spiro atoms. The van der Waals surface area contributed by atoms with Crippen LogP contribution in [-0.4, -0.2) is 37.7 Å². The molecule has 0 unspecified atom stereocenters. The molecule has 2 amide bonds. The number of hydrogen-bond acceptors (Lipinski definition) is 7. The van der Waals surface area contributed by atoms with Crippen molar-refractivity contribution in [2.24, 2.45) is 5.10 Å². The number of nitrogens with zero attached hydrogens (tertiary/aromatic N) is 1. The Bertz CT molecular complexity index is 1500. The molecular weight excluding hydrogens is 510 g/mol. The van der Waals surface area contributed by atoms with Gasteiger partial charge in [-0.15, -0.1) is 0 Å². The summed E-state index contributed by atoms with van der Waals surface area (Å²) in [4.78, 5) is 37.4. The first-order valence-corrected chi connectivity index (χ1v) is 12.4. The van der Waals surface area contributed by atoms with Crippen LogP contribution in [0.25, 0.3) is 0 Å². The van der Waals surface area contributed by atoms with E-state index in [1.165, 1.54) is 6.21 Å². The molecular formula is C31H27N3O6. The summed E-state index contributed by atoms with van der Waals surface area (Å²) in [5.74, 6) is 0.0354. The third-order valence-corrected chi connectivity index (χ3v) is 5.62. The van der Waals surface area contributed by atoms with Crippen molar-refractivity contribution >= 4 is 29.7 Å². The Labute approximate surface area is 231 Å². The second kappa shape index (κ2) is 13.4. The Kier molecular flexibility index (Phi) is 9.23. The fourth-order valence-corrected chi connectivity index (χ4v) is 3.57. The molecule has 0 aliphatic rings. The highest BCUT2D eigenvalue weighted by atomic mass is 16.6. The molecule has 2 N–H and O–H groups in total. The molecule has 9 heteroatoms. The van der Waals surface area contributed by atoms with E-state index < -0.39 is 11.9 Å². The second-order valence-electron chi connectivity index (χ2n) is 8.35. The number of carbonyl (C=O) groups excluding carboxylic acids is 3. The second-order valence-corrected chi connectivity index (χ2v) is 8.35. The summed E-state index contributed by atoms with van der Waals surface area (Å²) < 4.78 is 16.3. The highest BCUT2D eigenvalue weighted by molar-refractivity contribution is 6.04. The van der Waals surface area contributed by atoms with E-state index in [9.17, 15) is 14.4 Å². The number of hydrogen-bond donors (Lipinski definition) is 2. The van der Waals surface area contributed by atoms with Gasteiger partial charge in [0.25, 0.3) is 11.8 Å². The summed E-state index contributed by atoms with van der Waals surface area (Å²) in [6.07, 6.45) is 1.45. The van der Waals surface area contributed by atoms with Crippen LogP contribution in [-0.2, 0) is 0 Å². The molecule has 9 nitrogen and oxygen atoms in total. The van der Waals surface area contributed by atoms with Crippen LogP contribution in [0.2, 0.25) is 0 Å². The molecule has 0 radical (unpaired) electrons. The van der Waals surface area contributed by atoms with E-state index in [0.717, 1.165) is 0 Å². The lowest BCUT2D eigenvalue weighted by atomic mass is 10.1. The fraction of sp³-hybridized carbons (Fsp3) is 0.0968. The Morgan fingerprint density at radius 2 is 1.45 bits per heavy atom. The molecule has 202 valence electrons. The van der Waals surface area contributed by atoms with Gasteiger partial charge in [-0.25, -0.2) is 10.2 Å². The van der Waals surface area contributed by atoms with E-state index in [2.05, 4.69) is 15.8 Å². The molecule has 0 saturated heterocycles. The van der Waals surface area contributed by atoms with Gasteiger partial charge in [0.05, 0.1) is 25.5 Å². The van der Waals surface area contributed by atoms with Crippen molar-refractivity contribution in [3.05, 3.63) is 119 Å². The molecule has 4 aromatic carbocycles. The summed E-state index contributed by atoms with van der Waals surface area (Å²) >= 11 is 0. The molecule has 0 saturated carbocycles. The van der Waals surface area contributed by atoms with Gasteiger partial charge >= 0.3 is 5.97 Å². The number of hydrazone groups is 1. The minimum absolute atomic E-state index is 0.240. The van der Waals surface area contributed by atoms with Gasteiger partial charge in [-0.2, -0.15) is 5.10 Å². The molecule has 40 heavy (non-hydrogen) atoms. The van der Waals surface area contributed by atoms with E-state index in [0.29, 0.717) is 46.0 Å². The van der Waals surface area contributed by atoms with Crippen LogP contribution in [0.1, 0.15) is 43.6 Å². The zero-order chi connectivity index (χ0) is 28.3. The first-order chi connectivity index (χ1) is 19.5. The zero-order valence-corrected chi connectivity index (χ0v) is 21.9. The van der Waals surface area contributed by atoms with Gasteiger partial charge in [0.15, 0.2) is 11.5 Å². The maximum atomic E-state index is 12.6. The van der Waals surface area contributed by atoms with Crippen LogP contribution in [0.5, 0.6) is 17.2 Å². The Morgan fingerprint density at radius 1 is 0.775 bits per heavy atom. The van der Waals surface area contributed by atoms with Crippen molar-refractivity contribution in [2.45, 2.75) is 6.92 Å². The monoisotopic (exact) mass is 537 g/mol. The standard InChI is InChI=1S/C31H27N3O6/c1-3-39-28-19-21(9-18-27(28)40-31(37)24-12-16-26(38-2)17-13-24)20-32-34-30(36)23-10-14-25(15-11-23)33-29(35)22-7-5-4-6-8-22/h4-20H,3H2,1-2H3,(H,33,35)(H,34,36). The smallest absolute Gasteiger partial charge is 0.343 e. The topological polar surface area (TPSA) is 115 Å². The van der Waals surface area contributed by atoms with E-state index in [-0.39, 0.29) is 11.7 Å². The lowest BCUT2D eigenvalue weighted by Crippen LogP contribution is -2.18. The molecule has 0 atom stereocenters. The van der Waals surface area contributed by atoms with Gasteiger partial charge in [0, 0.05) is 16.8 Å². The van der Waals surface area contributed by atoms with Gasteiger partial charge in [0.2, 0.25) is 0 Å². The molecule has 4 aromatic rings. The van der Waals surface area contributed by atoms with Gasteiger partial charge in [-0.3, -0.25) is 9.59 Å². The zero-order valence-electron chi connectivity index (χ0n) is 21.9. The predicted molar refractivity (Wildman–Crippen MR) is 151 cm³/mol. The molecule has 0 aliphatic heterocycles.